The third-order valence-corrected chi connectivity index (χ3v) is 5.72. The van der Waals surface area contributed by atoms with Crippen molar-refractivity contribution in [3.63, 3.8) is 0 Å². The first-order chi connectivity index (χ1) is 13.1. The summed E-state index contributed by atoms with van der Waals surface area (Å²) in [5, 5.41) is 9.24. The van der Waals surface area contributed by atoms with Crippen molar-refractivity contribution in [3.05, 3.63) is 35.4 Å². The molecule has 2 aliphatic rings. The maximum atomic E-state index is 12.8. The Balaban J connectivity index is 1.58. The molecule has 0 unspecified atom stereocenters. The van der Waals surface area contributed by atoms with Gasteiger partial charge in [0.05, 0.1) is 12.1 Å². The molecule has 1 fully saturated rings. The first-order valence-electron chi connectivity index (χ1n) is 10.1. The van der Waals surface area contributed by atoms with Gasteiger partial charge in [-0.2, -0.15) is 0 Å². The zero-order valence-corrected chi connectivity index (χ0v) is 16.3. The molecule has 4 atom stereocenters. The van der Waals surface area contributed by atoms with Crippen molar-refractivity contribution < 1.29 is 14.3 Å². The third kappa shape index (κ3) is 5.08. The van der Waals surface area contributed by atoms with Crippen molar-refractivity contribution in [3.8, 4) is 0 Å². The van der Waals surface area contributed by atoms with E-state index in [1.807, 2.05) is 26.0 Å². The second kappa shape index (κ2) is 9.33. The van der Waals surface area contributed by atoms with Crippen LogP contribution >= 0.6 is 0 Å². The van der Waals surface area contributed by atoms with Crippen molar-refractivity contribution in [2.75, 3.05) is 13.2 Å². The van der Waals surface area contributed by atoms with Gasteiger partial charge < -0.3 is 20.7 Å². The summed E-state index contributed by atoms with van der Waals surface area (Å²) in [5.41, 5.74) is 2.42. The van der Waals surface area contributed by atoms with Crippen LogP contribution in [0, 0.1) is 5.92 Å². The van der Waals surface area contributed by atoms with Crippen LogP contribution in [0.2, 0.25) is 0 Å². The molecule has 1 aromatic carbocycles. The summed E-state index contributed by atoms with van der Waals surface area (Å²) in [6.45, 7) is 5.98. The van der Waals surface area contributed by atoms with Crippen LogP contribution in [-0.2, 0) is 27.3 Å². The molecule has 1 saturated heterocycles. The number of carbonyl (C=O) groups is 2. The van der Waals surface area contributed by atoms with Gasteiger partial charge in [0.25, 0.3) is 0 Å². The molecule has 6 heteroatoms. The van der Waals surface area contributed by atoms with Crippen LogP contribution in [0.3, 0.4) is 0 Å². The van der Waals surface area contributed by atoms with Gasteiger partial charge in [-0.3, -0.25) is 9.59 Å². The lowest BCUT2D eigenvalue weighted by Gasteiger charge is -2.29. The number of amides is 2. The van der Waals surface area contributed by atoms with E-state index in [2.05, 4.69) is 28.1 Å². The molecule has 2 heterocycles. The molecule has 0 spiro atoms. The second-order valence-corrected chi connectivity index (χ2v) is 7.66. The zero-order valence-electron chi connectivity index (χ0n) is 16.3. The van der Waals surface area contributed by atoms with E-state index in [1.54, 1.807) is 0 Å². The van der Waals surface area contributed by atoms with Crippen LogP contribution in [0.15, 0.2) is 24.3 Å². The lowest BCUT2D eigenvalue weighted by atomic mass is 9.94. The largest absolute Gasteiger partial charge is 0.376 e. The molecular formula is C21H31N3O3. The first kappa shape index (κ1) is 19.8. The van der Waals surface area contributed by atoms with Crippen molar-refractivity contribution >= 4 is 11.8 Å². The van der Waals surface area contributed by atoms with Gasteiger partial charge in [0.15, 0.2) is 0 Å². The first-order valence-corrected chi connectivity index (χ1v) is 10.1. The van der Waals surface area contributed by atoms with Crippen molar-refractivity contribution in [2.24, 2.45) is 5.92 Å². The molecule has 6 nitrogen and oxygen atoms in total. The van der Waals surface area contributed by atoms with E-state index in [4.69, 9.17) is 4.74 Å². The molecule has 1 aromatic rings. The monoisotopic (exact) mass is 373 g/mol. The van der Waals surface area contributed by atoms with E-state index in [1.165, 1.54) is 11.1 Å². The lowest BCUT2D eigenvalue weighted by Crippen LogP contribution is -2.56. The average molecular weight is 373 g/mol. The number of hydrogen-bond acceptors (Lipinski definition) is 4. The highest BCUT2D eigenvalue weighted by Crippen LogP contribution is 2.17. The number of fused-ring (bicyclic) bond motifs is 1. The summed E-state index contributed by atoms with van der Waals surface area (Å²) in [6, 6.07) is 7.33. The van der Waals surface area contributed by atoms with Gasteiger partial charge in [0, 0.05) is 19.7 Å². The van der Waals surface area contributed by atoms with Crippen molar-refractivity contribution in [1.82, 2.24) is 16.0 Å². The van der Waals surface area contributed by atoms with Gasteiger partial charge in [0.1, 0.15) is 6.04 Å². The summed E-state index contributed by atoms with van der Waals surface area (Å²) < 4.78 is 5.57. The minimum absolute atomic E-state index is 0.0642. The topological polar surface area (TPSA) is 79.5 Å². The maximum Gasteiger partial charge on any atom is 0.242 e. The number of rotatable bonds is 7. The normalized spacial score (nSPS) is 23.9. The molecule has 3 N–H and O–H groups in total. The highest BCUT2D eigenvalue weighted by Gasteiger charge is 2.31. The summed E-state index contributed by atoms with van der Waals surface area (Å²) in [4.78, 5) is 25.5. The van der Waals surface area contributed by atoms with Crippen LogP contribution in [0.5, 0.6) is 0 Å². The Hall–Kier alpha value is -1.92. The Bertz CT molecular complexity index is 658. The van der Waals surface area contributed by atoms with E-state index >= 15 is 0 Å². The number of ether oxygens (including phenoxy) is 1. The summed E-state index contributed by atoms with van der Waals surface area (Å²) in [6.07, 6.45) is 3.58. The van der Waals surface area contributed by atoms with Crippen LogP contribution in [0.25, 0.3) is 0 Å². The van der Waals surface area contributed by atoms with Crippen LogP contribution in [0.4, 0.5) is 0 Å². The highest BCUT2D eigenvalue weighted by molar-refractivity contribution is 5.90. The molecule has 0 aromatic heterocycles. The predicted octanol–water partition coefficient (Wildman–Crippen LogP) is 1.53. The smallest absolute Gasteiger partial charge is 0.242 e. The van der Waals surface area contributed by atoms with Gasteiger partial charge in [-0.25, -0.2) is 0 Å². The van der Waals surface area contributed by atoms with Gasteiger partial charge in [-0.1, -0.05) is 44.5 Å². The Morgan fingerprint density at radius 3 is 2.78 bits per heavy atom. The minimum Gasteiger partial charge on any atom is -0.376 e. The maximum absolute atomic E-state index is 12.8. The van der Waals surface area contributed by atoms with E-state index in [9.17, 15) is 9.59 Å². The van der Waals surface area contributed by atoms with Gasteiger partial charge in [-0.15, -0.1) is 0 Å². The lowest BCUT2D eigenvalue weighted by molar-refractivity contribution is -0.131. The molecule has 0 saturated carbocycles. The highest BCUT2D eigenvalue weighted by atomic mass is 16.5. The summed E-state index contributed by atoms with van der Waals surface area (Å²) in [7, 11) is 0. The summed E-state index contributed by atoms with van der Waals surface area (Å²) in [5.74, 6) is -0.166. The Morgan fingerprint density at radius 2 is 2.07 bits per heavy atom. The molecule has 0 radical (unpaired) electrons. The Morgan fingerprint density at radius 1 is 1.30 bits per heavy atom. The van der Waals surface area contributed by atoms with Crippen LogP contribution in [-0.4, -0.2) is 43.2 Å². The number of carbonyl (C=O) groups excluding carboxylic acids is 2. The number of hydrogen-bond donors (Lipinski definition) is 3. The standard InChI is InChI=1S/C21H31N3O3/c1-3-14(2)19(21(26)23-13-17-9-6-10-27-17)24-20(25)18-11-15-7-4-5-8-16(15)12-22-18/h4-5,7-8,14,17-19,22H,3,6,9-13H2,1-2H3,(H,23,26)(H,24,25)/t14-,17-,18-,19-/m0/s1. The molecular weight excluding hydrogens is 342 g/mol. The fourth-order valence-electron chi connectivity index (χ4n) is 3.73. The number of nitrogens with one attached hydrogen (secondary N) is 3. The fourth-order valence-corrected chi connectivity index (χ4v) is 3.73. The number of benzene rings is 1. The molecule has 148 valence electrons. The van der Waals surface area contributed by atoms with Crippen molar-refractivity contribution in [1.29, 1.82) is 0 Å². The minimum atomic E-state index is -0.525. The average Bonchev–Trinajstić information content (AvgIpc) is 3.22. The van der Waals surface area contributed by atoms with E-state index in [0.29, 0.717) is 19.5 Å². The molecule has 0 aliphatic carbocycles. The Kier molecular flexibility index (Phi) is 6.85. The van der Waals surface area contributed by atoms with Gasteiger partial charge >= 0.3 is 0 Å². The third-order valence-electron chi connectivity index (χ3n) is 5.72. The van der Waals surface area contributed by atoms with Gasteiger partial charge in [-0.05, 0) is 36.3 Å². The van der Waals surface area contributed by atoms with Crippen molar-refractivity contribution in [2.45, 2.75) is 64.3 Å². The Labute approximate surface area is 161 Å². The van der Waals surface area contributed by atoms with E-state index in [-0.39, 0.29) is 29.9 Å². The quantitative estimate of drug-likeness (QED) is 0.677. The molecule has 3 rings (SSSR count). The molecule has 2 amide bonds. The second-order valence-electron chi connectivity index (χ2n) is 7.66. The van der Waals surface area contributed by atoms with Crippen LogP contribution in [0.1, 0.15) is 44.2 Å². The predicted molar refractivity (Wildman–Crippen MR) is 104 cm³/mol. The zero-order chi connectivity index (χ0) is 19.2. The van der Waals surface area contributed by atoms with Gasteiger partial charge in [0.2, 0.25) is 11.8 Å². The fraction of sp³-hybridized carbons (Fsp3) is 0.619. The van der Waals surface area contributed by atoms with E-state index < -0.39 is 6.04 Å². The molecule has 2 aliphatic heterocycles. The molecule has 0 bridgehead atoms. The molecule has 27 heavy (non-hydrogen) atoms. The van der Waals surface area contributed by atoms with E-state index in [0.717, 1.165) is 25.9 Å². The van der Waals surface area contributed by atoms with Crippen LogP contribution < -0.4 is 16.0 Å². The summed E-state index contributed by atoms with van der Waals surface area (Å²) >= 11 is 0. The SMILES string of the molecule is CC[C@H](C)[C@H](NC(=O)[C@@H]1Cc2ccccc2CN1)C(=O)NC[C@@H]1CCCO1.